The Balaban J connectivity index is 1.71. The highest BCUT2D eigenvalue weighted by atomic mass is 16.5. The SMILES string of the molecule is CNC1COCC1CNC1CCC(C)(C)C1. The molecule has 1 saturated heterocycles. The highest BCUT2D eigenvalue weighted by molar-refractivity contribution is 4.88. The second kappa shape index (κ2) is 5.03. The first-order valence-corrected chi connectivity index (χ1v) is 6.59. The summed E-state index contributed by atoms with van der Waals surface area (Å²) in [5.41, 5.74) is 0.548. The predicted molar refractivity (Wildman–Crippen MR) is 66.6 cm³/mol. The molecular weight excluding hydrogens is 200 g/mol. The molecule has 0 bridgehead atoms. The van der Waals surface area contributed by atoms with Gasteiger partial charge in [-0.1, -0.05) is 13.8 Å². The van der Waals surface area contributed by atoms with Crippen molar-refractivity contribution in [1.82, 2.24) is 10.6 Å². The average Bonchev–Trinajstić information content (AvgIpc) is 2.81. The normalized spacial score (nSPS) is 38.1. The van der Waals surface area contributed by atoms with E-state index < -0.39 is 0 Å². The molecule has 1 saturated carbocycles. The zero-order valence-electron chi connectivity index (χ0n) is 10.9. The number of rotatable bonds is 4. The van der Waals surface area contributed by atoms with Crippen molar-refractivity contribution in [3.05, 3.63) is 0 Å². The first kappa shape index (κ1) is 12.3. The number of likely N-dealkylation sites (N-methyl/N-ethyl adjacent to an activating group) is 1. The largest absolute Gasteiger partial charge is 0.379 e. The minimum absolute atomic E-state index is 0.543. The van der Waals surface area contributed by atoms with Crippen LogP contribution in [-0.4, -0.2) is 38.9 Å². The molecule has 0 spiro atoms. The van der Waals surface area contributed by atoms with Gasteiger partial charge in [0.25, 0.3) is 0 Å². The van der Waals surface area contributed by atoms with Crippen molar-refractivity contribution in [2.24, 2.45) is 11.3 Å². The van der Waals surface area contributed by atoms with Crippen LogP contribution in [0.25, 0.3) is 0 Å². The summed E-state index contributed by atoms with van der Waals surface area (Å²) in [5.74, 6) is 0.647. The fourth-order valence-corrected chi connectivity index (χ4v) is 3.05. The van der Waals surface area contributed by atoms with E-state index in [0.717, 1.165) is 25.8 Å². The van der Waals surface area contributed by atoms with Gasteiger partial charge in [-0.3, -0.25) is 0 Å². The smallest absolute Gasteiger partial charge is 0.0623 e. The van der Waals surface area contributed by atoms with Gasteiger partial charge in [0.15, 0.2) is 0 Å². The van der Waals surface area contributed by atoms with Crippen molar-refractivity contribution in [3.8, 4) is 0 Å². The van der Waals surface area contributed by atoms with Crippen LogP contribution in [0.2, 0.25) is 0 Å². The Morgan fingerprint density at radius 1 is 1.31 bits per heavy atom. The molecule has 0 aromatic heterocycles. The van der Waals surface area contributed by atoms with Gasteiger partial charge in [-0.2, -0.15) is 0 Å². The maximum Gasteiger partial charge on any atom is 0.0623 e. The third-order valence-corrected chi connectivity index (χ3v) is 4.21. The summed E-state index contributed by atoms with van der Waals surface area (Å²) in [6.07, 6.45) is 4.02. The monoisotopic (exact) mass is 226 g/mol. The van der Waals surface area contributed by atoms with E-state index in [1.807, 2.05) is 7.05 Å². The third kappa shape index (κ3) is 2.96. The molecule has 0 aromatic carbocycles. The van der Waals surface area contributed by atoms with E-state index in [0.29, 0.717) is 17.4 Å². The molecule has 3 nitrogen and oxygen atoms in total. The Morgan fingerprint density at radius 3 is 2.75 bits per heavy atom. The molecule has 0 radical (unpaired) electrons. The van der Waals surface area contributed by atoms with Gasteiger partial charge in [-0.15, -0.1) is 0 Å². The summed E-state index contributed by atoms with van der Waals surface area (Å²) in [5, 5.41) is 7.06. The number of hydrogen-bond acceptors (Lipinski definition) is 3. The third-order valence-electron chi connectivity index (χ3n) is 4.21. The number of hydrogen-bond donors (Lipinski definition) is 2. The minimum Gasteiger partial charge on any atom is -0.379 e. The van der Waals surface area contributed by atoms with E-state index in [2.05, 4.69) is 24.5 Å². The standard InChI is InChI=1S/C13H26N2O/c1-13(2)5-4-11(6-13)15-7-10-8-16-9-12(10)14-3/h10-12,14-15H,4-9H2,1-3H3. The Kier molecular flexibility index (Phi) is 3.88. The molecule has 16 heavy (non-hydrogen) atoms. The molecule has 1 aliphatic heterocycles. The zero-order valence-corrected chi connectivity index (χ0v) is 10.9. The van der Waals surface area contributed by atoms with Crippen LogP contribution in [0.5, 0.6) is 0 Å². The molecule has 2 N–H and O–H groups in total. The van der Waals surface area contributed by atoms with E-state index in [1.165, 1.54) is 19.3 Å². The first-order chi connectivity index (χ1) is 7.61. The molecule has 2 aliphatic rings. The highest BCUT2D eigenvalue weighted by Gasteiger charge is 2.32. The van der Waals surface area contributed by atoms with Crippen LogP contribution in [0.4, 0.5) is 0 Å². The highest BCUT2D eigenvalue weighted by Crippen LogP contribution is 2.36. The second-order valence-corrected chi connectivity index (χ2v) is 6.20. The summed E-state index contributed by atoms with van der Waals surface area (Å²) in [6.45, 7) is 7.65. The van der Waals surface area contributed by atoms with Gasteiger partial charge >= 0.3 is 0 Å². The van der Waals surface area contributed by atoms with Gasteiger partial charge in [0.1, 0.15) is 0 Å². The Bertz CT molecular complexity index is 230. The van der Waals surface area contributed by atoms with Crippen molar-refractivity contribution < 1.29 is 4.74 Å². The van der Waals surface area contributed by atoms with Crippen molar-refractivity contribution in [3.63, 3.8) is 0 Å². The lowest BCUT2D eigenvalue weighted by Gasteiger charge is -2.21. The molecule has 2 rings (SSSR count). The van der Waals surface area contributed by atoms with Gasteiger partial charge in [0, 0.05) is 24.5 Å². The topological polar surface area (TPSA) is 33.3 Å². The van der Waals surface area contributed by atoms with Crippen LogP contribution >= 0.6 is 0 Å². The molecular formula is C13H26N2O. The van der Waals surface area contributed by atoms with Gasteiger partial charge in [0.2, 0.25) is 0 Å². The van der Waals surface area contributed by atoms with Crippen molar-refractivity contribution in [2.45, 2.75) is 45.2 Å². The summed E-state index contributed by atoms with van der Waals surface area (Å²) in [4.78, 5) is 0. The van der Waals surface area contributed by atoms with Gasteiger partial charge < -0.3 is 15.4 Å². The summed E-state index contributed by atoms with van der Waals surface area (Å²) >= 11 is 0. The zero-order chi connectivity index (χ0) is 11.6. The molecule has 1 heterocycles. The fourth-order valence-electron chi connectivity index (χ4n) is 3.05. The molecule has 2 fully saturated rings. The Hall–Kier alpha value is -0.120. The predicted octanol–water partition coefficient (Wildman–Crippen LogP) is 1.39. The maximum atomic E-state index is 5.51. The minimum atomic E-state index is 0.543. The van der Waals surface area contributed by atoms with Gasteiger partial charge in [0.05, 0.1) is 13.2 Å². The second-order valence-electron chi connectivity index (χ2n) is 6.20. The summed E-state index contributed by atoms with van der Waals surface area (Å²) < 4.78 is 5.51. The fraction of sp³-hybridized carbons (Fsp3) is 1.00. The average molecular weight is 226 g/mol. The molecule has 0 aromatic rings. The van der Waals surface area contributed by atoms with E-state index in [4.69, 9.17) is 4.74 Å². The summed E-state index contributed by atoms with van der Waals surface area (Å²) in [7, 11) is 2.03. The van der Waals surface area contributed by atoms with Crippen molar-refractivity contribution in [1.29, 1.82) is 0 Å². The van der Waals surface area contributed by atoms with Crippen LogP contribution in [0.15, 0.2) is 0 Å². The quantitative estimate of drug-likeness (QED) is 0.760. The van der Waals surface area contributed by atoms with Crippen LogP contribution in [0, 0.1) is 11.3 Å². The summed E-state index contributed by atoms with van der Waals surface area (Å²) in [6, 6.07) is 1.27. The van der Waals surface area contributed by atoms with Crippen LogP contribution in [0.3, 0.4) is 0 Å². The van der Waals surface area contributed by atoms with E-state index in [9.17, 15) is 0 Å². The van der Waals surface area contributed by atoms with E-state index >= 15 is 0 Å². The lowest BCUT2D eigenvalue weighted by molar-refractivity contribution is 0.182. The Morgan fingerprint density at radius 2 is 2.12 bits per heavy atom. The molecule has 94 valence electrons. The lowest BCUT2D eigenvalue weighted by Crippen LogP contribution is -2.41. The van der Waals surface area contributed by atoms with Crippen LogP contribution in [-0.2, 0) is 4.74 Å². The van der Waals surface area contributed by atoms with Gasteiger partial charge in [-0.25, -0.2) is 0 Å². The molecule has 3 unspecified atom stereocenters. The first-order valence-electron chi connectivity index (χ1n) is 6.59. The maximum absolute atomic E-state index is 5.51. The molecule has 3 heteroatoms. The molecule has 3 atom stereocenters. The van der Waals surface area contributed by atoms with E-state index in [-0.39, 0.29) is 0 Å². The molecule has 0 amide bonds. The lowest BCUT2D eigenvalue weighted by atomic mass is 9.92. The van der Waals surface area contributed by atoms with Crippen LogP contribution < -0.4 is 10.6 Å². The number of nitrogens with one attached hydrogen (secondary N) is 2. The van der Waals surface area contributed by atoms with Crippen molar-refractivity contribution in [2.75, 3.05) is 26.8 Å². The van der Waals surface area contributed by atoms with Crippen molar-refractivity contribution >= 4 is 0 Å². The molecule has 1 aliphatic carbocycles. The number of ether oxygens (including phenoxy) is 1. The van der Waals surface area contributed by atoms with Crippen LogP contribution in [0.1, 0.15) is 33.1 Å². The van der Waals surface area contributed by atoms with E-state index in [1.54, 1.807) is 0 Å². The van der Waals surface area contributed by atoms with Gasteiger partial charge in [-0.05, 0) is 31.7 Å². The Labute approximate surface area is 99.3 Å².